The molecule has 0 radical (unpaired) electrons. The Balaban J connectivity index is 1.48. The van der Waals surface area contributed by atoms with E-state index in [1.54, 1.807) is 6.07 Å². The van der Waals surface area contributed by atoms with Crippen molar-refractivity contribution in [3.8, 4) is 0 Å². The summed E-state index contributed by atoms with van der Waals surface area (Å²) in [6.45, 7) is 0.733. The maximum Gasteiger partial charge on any atom is 0.256 e. The number of hydrogen-bond acceptors (Lipinski definition) is 1. The van der Waals surface area contributed by atoms with E-state index < -0.39 is 28.9 Å². The number of benzene rings is 2. The molecular formula is C20H16F4N2O. The predicted molar refractivity (Wildman–Crippen MR) is 92.5 cm³/mol. The third-order valence-electron chi connectivity index (χ3n) is 5.09. The topological polar surface area (TPSA) is 36.1 Å². The van der Waals surface area contributed by atoms with Crippen LogP contribution in [0.3, 0.4) is 0 Å². The summed E-state index contributed by atoms with van der Waals surface area (Å²) in [5, 5.41) is 0.785. The van der Waals surface area contributed by atoms with Crippen LogP contribution in [0.4, 0.5) is 17.6 Å². The first kappa shape index (κ1) is 17.6. The first-order chi connectivity index (χ1) is 12.9. The zero-order chi connectivity index (χ0) is 19.1. The highest BCUT2D eigenvalue weighted by atomic mass is 19.2. The average Bonchev–Trinajstić information content (AvgIpc) is 3.09. The zero-order valence-electron chi connectivity index (χ0n) is 14.2. The molecule has 1 amide bonds. The Morgan fingerprint density at radius 2 is 1.70 bits per heavy atom. The van der Waals surface area contributed by atoms with E-state index in [4.69, 9.17) is 0 Å². The monoisotopic (exact) mass is 376 g/mol. The maximum absolute atomic E-state index is 13.9. The summed E-state index contributed by atoms with van der Waals surface area (Å²) in [4.78, 5) is 17.2. The SMILES string of the molecule is O=C(c1ccc(F)c(F)c1F)N1CCC(c2cc3cc(F)ccc3[nH]2)CC1. The van der Waals surface area contributed by atoms with Crippen LogP contribution in [-0.2, 0) is 0 Å². The molecule has 1 fully saturated rings. The largest absolute Gasteiger partial charge is 0.358 e. The molecule has 140 valence electrons. The van der Waals surface area contributed by atoms with E-state index in [-0.39, 0.29) is 11.7 Å². The minimum absolute atomic E-state index is 0.152. The molecule has 0 saturated carbocycles. The number of H-pyrrole nitrogens is 1. The molecule has 2 heterocycles. The Bertz CT molecular complexity index is 1020. The smallest absolute Gasteiger partial charge is 0.256 e. The van der Waals surface area contributed by atoms with Gasteiger partial charge in [-0.05, 0) is 49.2 Å². The van der Waals surface area contributed by atoms with Crippen molar-refractivity contribution in [1.82, 2.24) is 9.88 Å². The number of aromatic amines is 1. The standard InChI is InChI=1S/C20H16F4N2O/c21-13-1-4-16-12(9-13)10-17(25-16)11-5-7-26(8-6-11)20(27)14-2-3-15(22)19(24)18(14)23/h1-4,9-11,25H,5-8H2. The molecule has 1 aliphatic heterocycles. The number of likely N-dealkylation sites (tertiary alicyclic amines) is 1. The summed E-state index contributed by atoms with van der Waals surface area (Å²) in [6, 6.07) is 8.14. The van der Waals surface area contributed by atoms with E-state index in [1.165, 1.54) is 17.0 Å². The molecule has 7 heteroatoms. The second kappa shape index (κ2) is 6.72. The van der Waals surface area contributed by atoms with Gasteiger partial charge in [-0.1, -0.05) is 0 Å². The van der Waals surface area contributed by atoms with Crippen LogP contribution in [0.25, 0.3) is 10.9 Å². The number of fused-ring (bicyclic) bond motifs is 1. The fourth-order valence-electron chi connectivity index (χ4n) is 3.60. The molecule has 1 aliphatic rings. The summed E-state index contributed by atoms with van der Waals surface area (Å²) in [5.74, 6) is -5.22. The lowest BCUT2D eigenvalue weighted by Crippen LogP contribution is -2.38. The fraction of sp³-hybridized carbons (Fsp3) is 0.250. The quantitative estimate of drug-likeness (QED) is 0.509. The van der Waals surface area contributed by atoms with Gasteiger partial charge in [0, 0.05) is 35.6 Å². The highest BCUT2D eigenvalue weighted by molar-refractivity contribution is 5.94. The molecule has 1 aromatic heterocycles. The highest BCUT2D eigenvalue weighted by Crippen LogP contribution is 2.31. The minimum atomic E-state index is -1.64. The summed E-state index contributed by atoms with van der Waals surface area (Å²) < 4.78 is 53.6. The summed E-state index contributed by atoms with van der Waals surface area (Å²) in [7, 11) is 0. The van der Waals surface area contributed by atoms with Crippen molar-refractivity contribution in [1.29, 1.82) is 0 Å². The van der Waals surface area contributed by atoms with Gasteiger partial charge in [0.05, 0.1) is 5.56 Å². The van der Waals surface area contributed by atoms with Gasteiger partial charge in [0.2, 0.25) is 0 Å². The van der Waals surface area contributed by atoms with Crippen molar-refractivity contribution in [3.05, 3.63) is 70.9 Å². The van der Waals surface area contributed by atoms with E-state index in [1.807, 2.05) is 6.07 Å². The molecule has 1 saturated heterocycles. The Kier molecular flexibility index (Phi) is 4.37. The molecule has 3 nitrogen and oxygen atoms in total. The molecule has 0 bridgehead atoms. The molecule has 0 spiro atoms. The Morgan fingerprint density at radius 3 is 2.44 bits per heavy atom. The first-order valence-corrected chi connectivity index (χ1v) is 8.65. The number of aromatic nitrogens is 1. The molecule has 0 unspecified atom stereocenters. The highest BCUT2D eigenvalue weighted by Gasteiger charge is 2.28. The number of hydrogen-bond donors (Lipinski definition) is 1. The van der Waals surface area contributed by atoms with Crippen LogP contribution in [0, 0.1) is 23.3 Å². The summed E-state index contributed by atoms with van der Waals surface area (Å²) in [5.41, 5.74) is 1.34. The number of rotatable bonds is 2. The Hall–Kier alpha value is -2.83. The Morgan fingerprint density at radius 1 is 0.963 bits per heavy atom. The van der Waals surface area contributed by atoms with Crippen LogP contribution in [0.15, 0.2) is 36.4 Å². The number of carbonyl (C=O) groups is 1. The van der Waals surface area contributed by atoms with Crippen molar-refractivity contribution in [2.24, 2.45) is 0 Å². The number of halogens is 4. The molecule has 4 rings (SSSR count). The third kappa shape index (κ3) is 3.18. The van der Waals surface area contributed by atoms with Gasteiger partial charge in [-0.2, -0.15) is 0 Å². The molecule has 27 heavy (non-hydrogen) atoms. The lowest BCUT2D eigenvalue weighted by molar-refractivity contribution is 0.0706. The molecule has 0 atom stereocenters. The van der Waals surface area contributed by atoms with E-state index in [0.29, 0.717) is 25.9 Å². The van der Waals surface area contributed by atoms with Crippen LogP contribution in [0.1, 0.15) is 34.8 Å². The fourth-order valence-corrected chi connectivity index (χ4v) is 3.60. The van der Waals surface area contributed by atoms with Crippen LogP contribution in [0.5, 0.6) is 0 Å². The number of piperidine rings is 1. The molecular weight excluding hydrogens is 360 g/mol. The van der Waals surface area contributed by atoms with E-state index >= 15 is 0 Å². The third-order valence-corrected chi connectivity index (χ3v) is 5.09. The van der Waals surface area contributed by atoms with Crippen molar-refractivity contribution < 1.29 is 22.4 Å². The van der Waals surface area contributed by atoms with Gasteiger partial charge in [0.15, 0.2) is 17.5 Å². The van der Waals surface area contributed by atoms with Crippen molar-refractivity contribution in [2.75, 3.05) is 13.1 Å². The number of carbonyl (C=O) groups excluding carboxylic acids is 1. The number of nitrogens with zero attached hydrogens (tertiary/aromatic N) is 1. The molecule has 2 aromatic carbocycles. The first-order valence-electron chi connectivity index (χ1n) is 8.65. The normalized spacial score (nSPS) is 15.5. The van der Waals surface area contributed by atoms with Gasteiger partial charge in [-0.15, -0.1) is 0 Å². The average molecular weight is 376 g/mol. The summed E-state index contributed by atoms with van der Waals surface area (Å²) in [6.07, 6.45) is 1.26. The van der Waals surface area contributed by atoms with Crippen molar-refractivity contribution >= 4 is 16.8 Å². The van der Waals surface area contributed by atoms with Crippen LogP contribution < -0.4 is 0 Å². The van der Waals surface area contributed by atoms with Gasteiger partial charge in [-0.25, -0.2) is 17.6 Å². The van der Waals surface area contributed by atoms with E-state index in [9.17, 15) is 22.4 Å². The van der Waals surface area contributed by atoms with E-state index in [0.717, 1.165) is 28.7 Å². The zero-order valence-corrected chi connectivity index (χ0v) is 14.2. The maximum atomic E-state index is 13.9. The second-order valence-corrected chi connectivity index (χ2v) is 6.75. The van der Waals surface area contributed by atoms with Gasteiger partial charge in [0.1, 0.15) is 5.82 Å². The van der Waals surface area contributed by atoms with Gasteiger partial charge in [-0.3, -0.25) is 4.79 Å². The van der Waals surface area contributed by atoms with Gasteiger partial charge < -0.3 is 9.88 Å². The lowest BCUT2D eigenvalue weighted by Gasteiger charge is -2.31. The van der Waals surface area contributed by atoms with Crippen LogP contribution >= 0.6 is 0 Å². The number of amides is 1. The lowest BCUT2D eigenvalue weighted by atomic mass is 9.93. The Labute approximate surface area is 152 Å². The van der Waals surface area contributed by atoms with Crippen molar-refractivity contribution in [3.63, 3.8) is 0 Å². The second-order valence-electron chi connectivity index (χ2n) is 6.75. The molecule has 3 aromatic rings. The van der Waals surface area contributed by atoms with E-state index in [2.05, 4.69) is 4.98 Å². The van der Waals surface area contributed by atoms with Gasteiger partial charge in [0.25, 0.3) is 5.91 Å². The van der Waals surface area contributed by atoms with Crippen LogP contribution in [0.2, 0.25) is 0 Å². The minimum Gasteiger partial charge on any atom is -0.358 e. The van der Waals surface area contributed by atoms with Crippen molar-refractivity contribution in [2.45, 2.75) is 18.8 Å². The number of nitrogens with one attached hydrogen (secondary N) is 1. The predicted octanol–water partition coefficient (Wildman–Crippen LogP) is 4.74. The molecule has 0 aliphatic carbocycles. The molecule has 1 N–H and O–H groups in total. The van der Waals surface area contributed by atoms with Gasteiger partial charge >= 0.3 is 0 Å². The summed E-state index contributed by atoms with van der Waals surface area (Å²) >= 11 is 0. The van der Waals surface area contributed by atoms with Crippen LogP contribution in [-0.4, -0.2) is 28.9 Å².